The van der Waals surface area contributed by atoms with Gasteiger partial charge in [-0.3, -0.25) is 9.59 Å². The van der Waals surface area contributed by atoms with Crippen molar-refractivity contribution in [1.82, 2.24) is 15.0 Å². The van der Waals surface area contributed by atoms with Crippen LogP contribution in [0.4, 0.5) is 5.82 Å². The first-order chi connectivity index (χ1) is 15.1. The molecule has 7 nitrogen and oxygen atoms in total. The van der Waals surface area contributed by atoms with Crippen LogP contribution in [-0.2, 0) is 22.4 Å². The van der Waals surface area contributed by atoms with Gasteiger partial charge in [-0.1, -0.05) is 6.07 Å². The molecule has 164 valence electrons. The normalized spacial score (nSPS) is 16.3. The number of rotatable bonds is 11. The van der Waals surface area contributed by atoms with Crippen molar-refractivity contribution in [3.8, 4) is 0 Å². The summed E-state index contributed by atoms with van der Waals surface area (Å²) in [4.78, 5) is 37.3. The predicted octanol–water partition coefficient (Wildman–Crippen LogP) is 4.04. The second-order valence-corrected chi connectivity index (χ2v) is 8.66. The minimum absolute atomic E-state index is 0.113. The summed E-state index contributed by atoms with van der Waals surface area (Å²) in [6.07, 6.45) is 11.3. The number of carboxylic acids is 1. The number of hydrogen-bond acceptors (Lipinski definition) is 6. The van der Waals surface area contributed by atoms with Crippen molar-refractivity contribution in [3.05, 3.63) is 47.2 Å². The first-order valence-electron chi connectivity index (χ1n) is 11.4. The second kappa shape index (κ2) is 9.98. The Morgan fingerprint density at radius 1 is 1.13 bits per heavy atom. The predicted molar refractivity (Wildman–Crippen MR) is 117 cm³/mol. The number of Topliss-reactive ketones (excluding diaryl/α,β-unsaturated/α-hetero) is 1. The van der Waals surface area contributed by atoms with E-state index in [1.54, 1.807) is 12.4 Å². The Morgan fingerprint density at radius 3 is 2.68 bits per heavy atom. The fraction of sp³-hybridized carbons (Fsp3) is 0.542. The molecule has 4 rings (SSSR count). The van der Waals surface area contributed by atoms with E-state index in [-0.39, 0.29) is 12.2 Å². The van der Waals surface area contributed by atoms with E-state index < -0.39 is 11.9 Å². The Bertz CT molecular complexity index is 925. The van der Waals surface area contributed by atoms with Crippen LogP contribution in [0.25, 0.3) is 0 Å². The van der Waals surface area contributed by atoms with Crippen LogP contribution >= 0.6 is 0 Å². The van der Waals surface area contributed by atoms with Crippen LogP contribution in [-0.4, -0.2) is 38.4 Å². The van der Waals surface area contributed by atoms with Crippen molar-refractivity contribution in [1.29, 1.82) is 0 Å². The largest absolute Gasteiger partial charge is 0.481 e. The molecule has 0 radical (unpaired) electrons. The van der Waals surface area contributed by atoms with Gasteiger partial charge in [0, 0.05) is 49.0 Å². The van der Waals surface area contributed by atoms with Crippen LogP contribution in [0.1, 0.15) is 85.8 Å². The van der Waals surface area contributed by atoms with Crippen molar-refractivity contribution in [3.63, 3.8) is 0 Å². The Labute approximate surface area is 182 Å². The standard InChI is InChI=1S/C24H30N4O3/c29-20(6-2-1-5-19-10-9-16-4-3-13-25-23(16)28-19)11-12-21(24(30)31)18-14-26-22(27-15-18)17-7-8-17/h9-10,14-15,17,21H,1-8,11-13H2,(H,25,28)(H,30,31)/t21-/m0/s1. The number of nitrogens with zero attached hydrogens (tertiary/aromatic N) is 3. The molecule has 0 bridgehead atoms. The summed E-state index contributed by atoms with van der Waals surface area (Å²) in [5, 5.41) is 12.9. The van der Waals surface area contributed by atoms with Gasteiger partial charge in [-0.05, 0) is 63.0 Å². The van der Waals surface area contributed by atoms with Crippen LogP contribution in [0.2, 0.25) is 0 Å². The highest BCUT2D eigenvalue weighted by atomic mass is 16.4. The highest BCUT2D eigenvalue weighted by molar-refractivity contribution is 5.80. The number of carboxylic acid groups (broad SMARTS) is 1. The van der Waals surface area contributed by atoms with Crippen LogP contribution < -0.4 is 5.32 Å². The van der Waals surface area contributed by atoms with E-state index >= 15 is 0 Å². The minimum Gasteiger partial charge on any atom is -0.481 e. The number of nitrogens with one attached hydrogen (secondary N) is 1. The second-order valence-electron chi connectivity index (χ2n) is 8.66. The summed E-state index contributed by atoms with van der Waals surface area (Å²) >= 11 is 0. The summed E-state index contributed by atoms with van der Waals surface area (Å²) in [5.74, 6) is 0.697. The minimum atomic E-state index is -0.928. The molecule has 31 heavy (non-hydrogen) atoms. The SMILES string of the molecule is O=C(CCCCc1ccc2c(n1)NCCC2)CC[C@H](C(=O)O)c1cnc(C2CC2)nc1. The number of aryl methyl sites for hydroxylation is 2. The van der Waals surface area contributed by atoms with Crippen LogP contribution in [0.5, 0.6) is 0 Å². The zero-order valence-corrected chi connectivity index (χ0v) is 17.8. The molecule has 2 N–H and O–H groups in total. The zero-order valence-electron chi connectivity index (χ0n) is 17.8. The van der Waals surface area contributed by atoms with E-state index in [1.165, 1.54) is 5.56 Å². The number of anilines is 1. The molecule has 1 aliphatic heterocycles. The molecule has 3 heterocycles. The quantitative estimate of drug-likeness (QED) is 0.527. The first-order valence-corrected chi connectivity index (χ1v) is 11.4. The Morgan fingerprint density at radius 2 is 1.94 bits per heavy atom. The van der Waals surface area contributed by atoms with Crippen molar-refractivity contribution in [2.45, 2.75) is 76.0 Å². The number of fused-ring (bicyclic) bond motifs is 1. The van der Waals surface area contributed by atoms with E-state index in [4.69, 9.17) is 4.98 Å². The number of carbonyl (C=O) groups excluding carboxylic acids is 1. The van der Waals surface area contributed by atoms with Crippen molar-refractivity contribution < 1.29 is 14.7 Å². The number of unbranched alkanes of at least 4 members (excludes halogenated alkanes) is 1. The molecule has 0 amide bonds. The molecule has 0 aromatic carbocycles. The zero-order chi connectivity index (χ0) is 21.6. The molecule has 1 saturated carbocycles. The van der Waals surface area contributed by atoms with Crippen molar-refractivity contribution >= 4 is 17.6 Å². The van der Waals surface area contributed by atoms with Gasteiger partial charge in [-0.15, -0.1) is 0 Å². The van der Waals surface area contributed by atoms with Gasteiger partial charge < -0.3 is 10.4 Å². The number of pyridine rings is 1. The lowest BCUT2D eigenvalue weighted by atomic mass is 9.94. The Kier molecular flexibility index (Phi) is 6.89. The van der Waals surface area contributed by atoms with Gasteiger partial charge in [-0.25, -0.2) is 15.0 Å². The highest BCUT2D eigenvalue weighted by Gasteiger charge is 2.27. The van der Waals surface area contributed by atoms with Gasteiger partial charge >= 0.3 is 5.97 Å². The van der Waals surface area contributed by atoms with Crippen LogP contribution in [0.3, 0.4) is 0 Å². The third-order valence-electron chi connectivity index (χ3n) is 6.14. The van der Waals surface area contributed by atoms with Gasteiger partial charge in [0.25, 0.3) is 0 Å². The molecule has 0 saturated heterocycles. The van der Waals surface area contributed by atoms with Crippen molar-refractivity contribution in [2.24, 2.45) is 0 Å². The maximum atomic E-state index is 12.3. The average molecular weight is 423 g/mol. The molecule has 1 atom stereocenters. The number of aliphatic carboxylic acids is 1. The molecule has 2 aromatic heterocycles. The third-order valence-corrected chi connectivity index (χ3v) is 6.14. The maximum Gasteiger partial charge on any atom is 0.311 e. The topological polar surface area (TPSA) is 105 Å². The fourth-order valence-electron chi connectivity index (χ4n) is 4.08. The summed E-state index contributed by atoms with van der Waals surface area (Å²) in [5.41, 5.74) is 2.92. The van der Waals surface area contributed by atoms with E-state index in [0.29, 0.717) is 24.3 Å². The van der Waals surface area contributed by atoms with Crippen molar-refractivity contribution in [2.75, 3.05) is 11.9 Å². The highest BCUT2D eigenvalue weighted by Crippen LogP contribution is 2.38. The smallest absolute Gasteiger partial charge is 0.311 e. The molecule has 2 aromatic rings. The van der Waals surface area contributed by atoms with Crippen LogP contribution in [0, 0.1) is 0 Å². The monoisotopic (exact) mass is 422 g/mol. The molecule has 7 heteroatoms. The number of aromatic nitrogens is 3. The number of ketones is 1. The van der Waals surface area contributed by atoms with Crippen LogP contribution in [0.15, 0.2) is 24.5 Å². The molecular weight excluding hydrogens is 392 g/mol. The number of carbonyl (C=O) groups is 2. The van der Waals surface area contributed by atoms with E-state index in [1.807, 2.05) is 0 Å². The summed E-state index contributed by atoms with van der Waals surface area (Å²) in [6.45, 7) is 0.978. The van der Waals surface area contributed by atoms with E-state index in [2.05, 4.69) is 27.4 Å². The lowest BCUT2D eigenvalue weighted by Gasteiger charge is -2.17. The number of hydrogen-bond donors (Lipinski definition) is 2. The molecule has 1 fully saturated rings. The van der Waals surface area contributed by atoms with Gasteiger partial charge in [0.15, 0.2) is 0 Å². The molecule has 2 aliphatic rings. The molecule has 0 unspecified atom stereocenters. The summed E-state index contributed by atoms with van der Waals surface area (Å²) in [7, 11) is 0. The van der Waals surface area contributed by atoms with Gasteiger partial charge in [0.2, 0.25) is 0 Å². The molecular formula is C24H30N4O3. The van der Waals surface area contributed by atoms with Gasteiger partial charge in [-0.2, -0.15) is 0 Å². The third kappa shape index (κ3) is 5.87. The lowest BCUT2D eigenvalue weighted by Crippen LogP contribution is -2.14. The maximum absolute atomic E-state index is 12.3. The Hall–Kier alpha value is -2.83. The molecule has 0 spiro atoms. The van der Waals surface area contributed by atoms with E-state index in [9.17, 15) is 14.7 Å². The fourth-order valence-corrected chi connectivity index (χ4v) is 4.08. The summed E-state index contributed by atoms with van der Waals surface area (Å²) in [6, 6.07) is 4.24. The first kappa shape index (κ1) is 21.4. The van der Waals surface area contributed by atoms with Gasteiger partial charge in [0.05, 0.1) is 5.92 Å². The molecule has 1 aliphatic carbocycles. The van der Waals surface area contributed by atoms with E-state index in [0.717, 1.165) is 68.8 Å². The Balaban J connectivity index is 1.19. The van der Waals surface area contributed by atoms with Gasteiger partial charge in [0.1, 0.15) is 17.4 Å². The average Bonchev–Trinajstić information content (AvgIpc) is 3.62. The summed E-state index contributed by atoms with van der Waals surface area (Å²) < 4.78 is 0. The lowest BCUT2D eigenvalue weighted by molar-refractivity contribution is -0.139.